The van der Waals surface area contributed by atoms with E-state index in [-0.39, 0.29) is 17.3 Å². The van der Waals surface area contributed by atoms with Crippen LogP contribution >= 0.6 is 0 Å². The standard InChI is InChI=1S/C19H24N2O3S/c1-12-8-14(3)19(15(4)9-12)21-18(22)11-20-17-10-16(25(5,23)24)7-6-13(17)2/h6-10,20H,11H2,1-5H3,(H,21,22). The van der Waals surface area contributed by atoms with Gasteiger partial charge >= 0.3 is 0 Å². The van der Waals surface area contributed by atoms with E-state index >= 15 is 0 Å². The van der Waals surface area contributed by atoms with Gasteiger partial charge in [-0.05, 0) is 56.5 Å². The normalized spacial score (nSPS) is 11.2. The second-order valence-electron chi connectivity index (χ2n) is 6.42. The van der Waals surface area contributed by atoms with E-state index in [0.29, 0.717) is 5.69 Å². The van der Waals surface area contributed by atoms with Crippen LogP contribution in [0.15, 0.2) is 35.2 Å². The third-order valence-corrected chi connectivity index (χ3v) is 5.13. The highest BCUT2D eigenvalue weighted by atomic mass is 32.2. The van der Waals surface area contributed by atoms with Crippen LogP contribution in [0.4, 0.5) is 11.4 Å². The molecule has 0 spiro atoms. The lowest BCUT2D eigenvalue weighted by molar-refractivity contribution is -0.114. The minimum atomic E-state index is -3.29. The van der Waals surface area contributed by atoms with E-state index in [4.69, 9.17) is 0 Å². The molecule has 2 N–H and O–H groups in total. The van der Waals surface area contributed by atoms with Crippen molar-refractivity contribution in [2.75, 3.05) is 23.4 Å². The highest BCUT2D eigenvalue weighted by Crippen LogP contribution is 2.22. The number of hydrogen-bond donors (Lipinski definition) is 2. The van der Waals surface area contributed by atoms with Crippen LogP contribution < -0.4 is 10.6 Å². The third-order valence-electron chi connectivity index (χ3n) is 4.02. The fourth-order valence-electron chi connectivity index (χ4n) is 2.76. The lowest BCUT2D eigenvalue weighted by atomic mass is 10.1. The van der Waals surface area contributed by atoms with Gasteiger partial charge in [0.15, 0.2) is 9.84 Å². The molecule has 5 nitrogen and oxygen atoms in total. The molecule has 0 aliphatic rings. The van der Waals surface area contributed by atoms with Crippen molar-refractivity contribution in [3.05, 3.63) is 52.6 Å². The van der Waals surface area contributed by atoms with E-state index < -0.39 is 9.84 Å². The molecule has 0 fully saturated rings. The van der Waals surface area contributed by atoms with Gasteiger partial charge in [-0.25, -0.2) is 8.42 Å². The van der Waals surface area contributed by atoms with Crippen LogP contribution in [-0.4, -0.2) is 27.1 Å². The predicted molar refractivity (Wildman–Crippen MR) is 102 cm³/mol. The summed E-state index contributed by atoms with van der Waals surface area (Å²) >= 11 is 0. The van der Waals surface area contributed by atoms with Crippen molar-refractivity contribution in [3.8, 4) is 0 Å². The number of sulfone groups is 1. The van der Waals surface area contributed by atoms with Crippen LogP contribution in [0.5, 0.6) is 0 Å². The van der Waals surface area contributed by atoms with Crippen molar-refractivity contribution < 1.29 is 13.2 Å². The van der Waals surface area contributed by atoms with Crippen LogP contribution in [0.3, 0.4) is 0 Å². The second-order valence-corrected chi connectivity index (χ2v) is 8.44. The summed E-state index contributed by atoms with van der Waals surface area (Å²) in [5.74, 6) is -0.181. The maximum atomic E-state index is 12.3. The summed E-state index contributed by atoms with van der Waals surface area (Å²) in [6.07, 6.45) is 1.16. The zero-order chi connectivity index (χ0) is 18.8. The fraction of sp³-hybridized carbons (Fsp3) is 0.316. The summed E-state index contributed by atoms with van der Waals surface area (Å²) in [6, 6.07) is 8.89. The Morgan fingerprint density at radius 1 is 0.960 bits per heavy atom. The van der Waals surface area contributed by atoms with Crippen molar-refractivity contribution in [3.63, 3.8) is 0 Å². The zero-order valence-electron chi connectivity index (χ0n) is 15.2. The number of rotatable bonds is 5. The molecule has 0 aromatic heterocycles. The van der Waals surface area contributed by atoms with Crippen LogP contribution in [0.2, 0.25) is 0 Å². The van der Waals surface area contributed by atoms with Gasteiger partial charge in [-0.1, -0.05) is 23.8 Å². The molecule has 2 aromatic rings. The number of anilines is 2. The Kier molecular flexibility index (Phi) is 5.52. The molecule has 1 amide bonds. The quantitative estimate of drug-likeness (QED) is 0.857. The molecule has 134 valence electrons. The molecule has 0 atom stereocenters. The lowest BCUT2D eigenvalue weighted by Crippen LogP contribution is -2.23. The fourth-order valence-corrected chi connectivity index (χ4v) is 3.41. The Bertz CT molecular complexity index is 895. The number of hydrogen-bond acceptors (Lipinski definition) is 4. The van der Waals surface area contributed by atoms with E-state index in [1.165, 1.54) is 0 Å². The molecule has 0 bridgehead atoms. The van der Waals surface area contributed by atoms with Crippen LogP contribution in [0, 0.1) is 27.7 Å². The Morgan fingerprint density at radius 3 is 2.12 bits per heavy atom. The smallest absolute Gasteiger partial charge is 0.243 e. The van der Waals surface area contributed by atoms with Gasteiger partial charge in [-0.2, -0.15) is 0 Å². The van der Waals surface area contributed by atoms with Crippen molar-refractivity contribution in [2.24, 2.45) is 0 Å². The second kappa shape index (κ2) is 7.27. The average molecular weight is 360 g/mol. The lowest BCUT2D eigenvalue weighted by Gasteiger charge is -2.14. The molecule has 0 aliphatic heterocycles. The Morgan fingerprint density at radius 2 is 1.56 bits per heavy atom. The van der Waals surface area contributed by atoms with Gasteiger partial charge in [-0.15, -0.1) is 0 Å². The molecule has 0 heterocycles. The summed E-state index contributed by atoms with van der Waals surface area (Å²) in [5, 5.41) is 5.94. The van der Waals surface area contributed by atoms with Gasteiger partial charge < -0.3 is 10.6 Å². The third kappa shape index (κ3) is 4.82. The Balaban J connectivity index is 2.11. The van der Waals surface area contributed by atoms with E-state index in [0.717, 1.165) is 34.2 Å². The first-order valence-corrected chi connectivity index (χ1v) is 9.89. The number of carbonyl (C=O) groups is 1. The molecule has 2 rings (SSSR count). The number of benzene rings is 2. The van der Waals surface area contributed by atoms with Crippen LogP contribution in [0.25, 0.3) is 0 Å². The molecule has 2 aromatic carbocycles. The molecule has 0 unspecified atom stereocenters. The molecule has 0 saturated heterocycles. The average Bonchev–Trinajstić information content (AvgIpc) is 2.48. The molecular formula is C19H24N2O3S. The summed E-state index contributed by atoms with van der Waals surface area (Å²) in [6.45, 7) is 7.86. The van der Waals surface area contributed by atoms with Crippen molar-refractivity contribution >= 4 is 27.1 Å². The predicted octanol–water partition coefficient (Wildman–Crippen LogP) is 3.37. The molecule has 0 saturated carbocycles. The first-order chi connectivity index (χ1) is 11.6. The molecular weight excluding hydrogens is 336 g/mol. The minimum absolute atomic E-state index is 0.0564. The Hall–Kier alpha value is -2.34. The van der Waals surface area contributed by atoms with Crippen LogP contribution in [-0.2, 0) is 14.6 Å². The first kappa shape index (κ1) is 19.0. The van der Waals surface area contributed by atoms with Crippen molar-refractivity contribution in [1.82, 2.24) is 0 Å². The van der Waals surface area contributed by atoms with Gasteiger partial charge in [0.05, 0.1) is 11.4 Å². The van der Waals surface area contributed by atoms with E-state index in [1.807, 2.05) is 39.8 Å². The van der Waals surface area contributed by atoms with Gasteiger partial charge in [0, 0.05) is 17.6 Å². The monoisotopic (exact) mass is 360 g/mol. The zero-order valence-corrected chi connectivity index (χ0v) is 16.0. The summed E-state index contributed by atoms with van der Waals surface area (Å²) in [4.78, 5) is 12.5. The molecule has 0 radical (unpaired) electrons. The maximum Gasteiger partial charge on any atom is 0.243 e. The van der Waals surface area contributed by atoms with Crippen LogP contribution in [0.1, 0.15) is 22.3 Å². The summed E-state index contributed by atoms with van der Waals surface area (Å²) in [7, 11) is -3.29. The number of aryl methyl sites for hydroxylation is 4. The van der Waals surface area contributed by atoms with Crippen molar-refractivity contribution in [2.45, 2.75) is 32.6 Å². The van der Waals surface area contributed by atoms with Gasteiger partial charge in [0.1, 0.15) is 0 Å². The van der Waals surface area contributed by atoms with Gasteiger partial charge in [-0.3, -0.25) is 4.79 Å². The largest absolute Gasteiger partial charge is 0.376 e. The molecule has 25 heavy (non-hydrogen) atoms. The van der Waals surface area contributed by atoms with Crippen molar-refractivity contribution in [1.29, 1.82) is 0 Å². The van der Waals surface area contributed by atoms with E-state index in [1.54, 1.807) is 18.2 Å². The van der Waals surface area contributed by atoms with Gasteiger partial charge in [0.25, 0.3) is 0 Å². The molecule has 0 aliphatic carbocycles. The summed E-state index contributed by atoms with van der Waals surface area (Å²) in [5.41, 5.74) is 5.51. The number of amides is 1. The van der Waals surface area contributed by atoms with E-state index in [2.05, 4.69) is 10.6 Å². The Labute approximate surface area is 149 Å². The highest BCUT2D eigenvalue weighted by molar-refractivity contribution is 7.90. The number of nitrogens with one attached hydrogen (secondary N) is 2. The highest BCUT2D eigenvalue weighted by Gasteiger charge is 2.11. The van der Waals surface area contributed by atoms with Gasteiger partial charge in [0.2, 0.25) is 5.91 Å². The first-order valence-electron chi connectivity index (χ1n) is 8.00. The minimum Gasteiger partial charge on any atom is -0.376 e. The number of carbonyl (C=O) groups excluding carboxylic acids is 1. The SMILES string of the molecule is Cc1cc(C)c(NC(=O)CNc2cc(S(C)(=O)=O)ccc2C)c(C)c1. The maximum absolute atomic E-state index is 12.3. The molecule has 6 heteroatoms. The topological polar surface area (TPSA) is 75.3 Å². The summed E-state index contributed by atoms with van der Waals surface area (Å²) < 4.78 is 23.3. The van der Waals surface area contributed by atoms with E-state index in [9.17, 15) is 13.2 Å².